The van der Waals surface area contributed by atoms with Gasteiger partial charge in [0.25, 0.3) is 11.2 Å². The maximum absolute atomic E-state index is 12.3. The van der Waals surface area contributed by atoms with Crippen molar-refractivity contribution in [3.8, 4) is 0 Å². The van der Waals surface area contributed by atoms with Crippen LogP contribution in [0.3, 0.4) is 0 Å². The van der Waals surface area contributed by atoms with Gasteiger partial charge in [0.05, 0.1) is 22.2 Å². The number of hydrogen-bond donors (Lipinski definition) is 1. The number of hydrogen-bond acceptors (Lipinski definition) is 5. The number of nitrogens with zero attached hydrogens (tertiary/aromatic N) is 3. The van der Waals surface area contributed by atoms with Crippen molar-refractivity contribution in [2.24, 2.45) is 0 Å². The molecule has 1 heterocycles. The molecule has 0 fully saturated rings. The van der Waals surface area contributed by atoms with Crippen LogP contribution in [-0.2, 0) is 11.3 Å². The number of nitrogens with one attached hydrogen (secondary N) is 1. The highest BCUT2D eigenvalue weighted by Crippen LogP contribution is 2.16. The average Bonchev–Trinajstić information content (AvgIpc) is 2.49. The third kappa shape index (κ3) is 3.27. The number of non-ortho nitro benzene ring substituents is 1. The Balaban J connectivity index is 2.31. The molecule has 116 valence electrons. The molecule has 8 nitrogen and oxygen atoms in total. The molecule has 0 aliphatic rings. The molecule has 0 aliphatic carbocycles. The fourth-order valence-electron chi connectivity index (χ4n) is 1.95. The number of amides is 1. The Morgan fingerprint density at radius 1 is 1.50 bits per heavy atom. The van der Waals surface area contributed by atoms with Crippen LogP contribution in [0.4, 0.5) is 5.69 Å². The van der Waals surface area contributed by atoms with E-state index in [4.69, 9.17) is 0 Å². The second kappa shape index (κ2) is 6.33. The SMILES string of the molecule is CCC(C)NC(=O)Cn1cnc2cc([N+](=O)[O-])ccc2c1=O. The lowest BCUT2D eigenvalue weighted by molar-refractivity contribution is -0.384. The summed E-state index contributed by atoms with van der Waals surface area (Å²) in [5.41, 5.74) is -0.302. The molecule has 0 radical (unpaired) electrons. The van der Waals surface area contributed by atoms with Gasteiger partial charge in [-0.05, 0) is 19.4 Å². The van der Waals surface area contributed by atoms with E-state index in [1.807, 2.05) is 13.8 Å². The zero-order chi connectivity index (χ0) is 16.3. The predicted octanol–water partition coefficient (Wildman–Crippen LogP) is 1.22. The number of carbonyl (C=O) groups excluding carboxylic acids is 1. The molecular formula is C14H16N4O4. The number of carbonyl (C=O) groups is 1. The second-order valence-electron chi connectivity index (χ2n) is 5.01. The average molecular weight is 304 g/mol. The van der Waals surface area contributed by atoms with Crippen LogP contribution in [0.1, 0.15) is 20.3 Å². The fraction of sp³-hybridized carbons (Fsp3) is 0.357. The molecule has 8 heteroatoms. The summed E-state index contributed by atoms with van der Waals surface area (Å²) >= 11 is 0. The summed E-state index contributed by atoms with van der Waals surface area (Å²) in [6.07, 6.45) is 2.02. The fourth-order valence-corrected chi connectivity index (χ4v) is 1.95. The number of benzene rings is 1. The number of nitro groups is 1. The van der Waals surface area contributed by atoms with Gasteiger partial charge in [0.15, 0.2) is 0 Å². The molecule has 0 aliphatic heterocycles. The molecule has 0 saturated carbocycles. The van der Waals surface area contributed by atoms with E-state index in [0.29, 0.717) is 0 Å². The lowest BCUT2D eigenvalue weighted by atomic mass is 10.2. The van der Waals surface area contributed by atoms with Gasteiger partial charge in [0.2, 0.25) is 5.91 Å². The Morgan fingerprint density at radius 3 is 2.86 bits per heavy atom. The van der Waals surface area contributed by atoms with E-state index in [0.717, 1.165) is 6.42 Å². The number of aromatic nitrogens is 2. The molecular weight excluding hydrogens is 288 g/mol. The van der Waals surface area contributed by atoms with Gasteiger partial charge < -0.3 is 5.32 Å². The lowest BCUT2D eigenvalue weighted by Gasteiger charge is -2.12. The highest BCUT2D eigenvalue weighted by molar-refractivity contribution is 5.80. The van der Waals surface area contributed by atoms with Gasteiger partial charge in [-0.1, -0.05) is 6.92 Å². The molecule has 1 N–H and O–H groups in total. The smallest absolute Gasteiger partial charge is 0.271 e. The Kier molecular flexibility index (Phi) is 4.50. The van der Waals surface area contributed by atoms with Crippen molar-refractivity contribution in [1.29, 1.82) is 0 Å². The van der Waals surface area contributed by atoms with E-state index in [-0.39, 0.29) is 35.1 Å². The summed E-state index contributed by atoms with van der Waals surface area (Å²) in [6.45, 7) is 3.68. The largest absolute Gasteiger partial charge is 0.352 e. The summed E-state index contributed by atoms with van der Waals surface area (Å²) < 4.78 is 1.19. The lowest BCUT2D eigenvalue weighted by Crippen LogP contribution is -2.37. The van der Waals surface area contributed by atoms with E-state index in [2.05, 4.69) is 10.3 Å². The molecule has 0 spiro atoms. The molecule has 2 aromatic rings. The summed E-state index contributed by atoms with van der Waals surface area (Å²) in [5, 5.41) is 13.7. The molecule has 2 rings (SSSR count). The Labute approximate surface area is 125 Å². The van der Waals surface area contributed by atoms with Crippen LogP contribution in [0.5, 0.6) is 0 Å². The van der Waals surface area contributed by atoms with Crippen LogP contribution in [0.25, 0.3) is 10.9 Å². The highest BCUT2D eigenvalue weighted by atomic mass is 16.6. The topological polar surface area (TPSA) is 107 Å². The number of nitro benzene ring substituents is 1. The summed E-state index contributed by atoms with van der Waals surface area (Å²) in [7, 11) is 0. The van der Waals surface area contributed by atoms with E-state index >= 15 is 0 Å². The first-order chi connectivity index (χ1) is 10.4. The molecule has 22 heavy (non-hydrogen) atoms. The van der Waals surface area contributed by atoms with Crippen molar-refractivity contribution in [2.75, 3.05) is 0 Å². The monoisotopic (exact) mass is 304 g/mol. The van der Waals surface area contributed by atoms with Crippen LogP contribution in [0, 0.1) is 10.1 Å². The van der Waals surface area contributed by atoms with E-state index in [1.165, 1.54) is 29.1 Å². The predicted molar refractivity (Wildman–Crippen MR) is 80.6 cm³/mol. The van der Waals surface area contributed by atoms with Gasteiger partial charge in [-0.15, -0.1) is 0 Å². The van der Waals surface area contributed by atoms with Crippen LogP contribution in [0.2, 0.25) is 0 Å². The summed E-state index contributed by atoms with van der Waals surface area (Å²) in [5.74, 6) is -0.278. The third-order valence-corrected chi connectivity index (χ3v) is 3.35. The maximum atomic E-state index is 12.3. The van der Waals surface area contributed by atoms with Gasteiger partial charge in [-0.3, -0.25) is 24.3 Å². The first kappa shape index (κ1) is 15.6. The quantitative estimate of drug-likeness (QED) is 0.660. The van der Waals surface area contributed by atoms with Crippen LogP contribution < -0.4 is 10.9 Å². The van der Waals surface area contributed by atoms with Gasteiger partial charge in [-0.2, -0.15) is 0 Å². The molecule has 0 bridgehead atoms. The molecule has 0 saturated heterocycles. The molecule has 1 aromatic heterocycles. The zero-order valence-corrected chi connectivity index (χ0v) is 12.3. The van der Waals surface area contributed by atoms with Crippen molar-refractivity contribution < 1.29 is 9.72 Å². The minimum absolute atomic E-state index is 0.0271. The van der Waals surface area contributed by atoms with E-state index in [9.17, 15) is 19.7 Å². The maximum Gasteiger partial charge on any atom is 0.271 e. The van der Waals surface area contributed by atoms with Crippen LogP contribution >= 0.6 is 0 Å². The van der Waals surface area contributed by atoms with Crippen LogP contribution in [-0.4, -0.2) is 26.4 Å². The summed E-state index contributed by atoms with van der Waals surface area (Å²) in [6, 6.07) is 3.86. The first-order valence-electron chi connectivity index (χ1n) is 6.85. The highest BCUT2D eigenvalue weighted by Gasteiger charge is 2.12. The van der Waals surface area contributed by atoms with Crippen molar-refractivity contribution in [3.63, 3.8) is 0 Å². The van der Waals surface area contributed by atoms with Crippen molar-refractivity contribution in [1.82, 2.24) is 14.9 Å². The summed E-state index contributed by atoms with van der Waals surface area (Å²) in [4.78, 5) is 38.3. The Hall–Kier alpha value is -2.77. The van der Waals surface area contributed by atoms with Gasteiger partial charge >= 0.3 is 0 Å². The zero-order valence-electron chi connectivity index (χ0n) is 12.3. The minimum atomic E-state index is -0.549. The number of fused-ring (bicyclic) bond motifs is 1. The minimum Gasteiger partial charge on any atom is -0.352 e. The molecule has 1 amide bonds. The second-order valence-corrected chi connectivity index (χ2v) is 5.01. The van der Waals surface area contributed by atoms with Gasteiger partial charge in [0, 0.05) is 18.2 Å². The van der Waals surface area contributed by atoms with Gasteiger partial charge in [0.1, 0.15) is 6.54 Å². The van der Waals surface area contributed by atoms with Gasteiger partial charge in [-0.25, -0.2) is 4.98 Å². The molecule has 1 unspecified atom stereocenters. The molecule has 1 aromatic carbocycles. The van der Waals surface area contributed by atoms with Crippen molar-refractivity contribution in [2.45, 2.75) is 32.9 Å². The van der Waals surface area contributed by atoms with Crippen molar-refractivity contribution in [3.05, 3.63) is 45.0 Å². The first-order valence-corrected chi connectivity index (χ1v) is 6.85. The molecule has 1 atom stereocenters. The Morgan fingerprint density at radius 2 is 2.23 bits per heavy atom. The standard InChI is InChI=1S/C14H16N4O4/c1-3-9(2)16-13(19)7-17-8-15-12-6-10(18(21)22)4-5-11(12)14(17)20/h4-6,8-9H,3,7H2,1-2H3,(H,16,19). The van der Waals surface area contributed by atoms with E-state index in [1.54, 1.807) is 0 Å². The van der Waals surface area contributed by atoms with Crippen LogP contribution in [0.15, 0.2) is 29.3 Å². The normalized spacial score (nSPS) is 12.1. The number of rotatable bonds is 5. The van der Waals surface area contributed by atoms with E-state index < -0.39 is 10.5 Å². The Bertz CT molecular complexity index is 784. The third-order valence-electron chi connectivity index (χ3n) is 3.35. The van der Waals surface area contributed by atoms with Crippen molar-refractivity contribution >= 4 is 22.5 Å².